The van der Waals surface area contributed by atoms with E-state index < -0.39 is 0 Å². The van der Waals surface area contributed by atoms with Crippen LogP contribution in [0.15, 0.2) is 18.2 Å². The summed E-state index contributed by atoms with van der Waals surface area (Å²) in [7, 11) is 0. The van der Waals surface area contributed by atoms with E-state index in [1.165, 1.54) is 0 Å². The van der Waals surface area contributed by atoms with Gasteiger partial charge in [-0.25, -0.2) is 4.98 Å². The zero-order valence-corrected chi connectivity index (χ0v) is 11.2. The average molecular weight is 252 g/mol. The Morgan fingerprint density at radius 1 is 1.35 bits per heavy atom. The van der Waals surface area contributed by atoms with Crippen molar-refractivity contribution in [2.45, 2.75) is 32.7 Å². The Labute approximate surface area is 107 Å². The van der Waals surface area contributed by atoms with Gasteiger partial charge < -0.3 is 10.3 Å². The molecular formula is C13H18ClN3. The molecule has 2 rings (SSSR count). The van der Waals surface area contributed by atoms with Crippen molar-refractivity contribution in [3.8, 4) is 0 Å². The molecule has 2 aromatic rings. The SMILES string of the molecule is CC(CN)c1nc2cc(Cl)ccc2n1C(C)C. The first-order valence-corrected chi connectivity index (χ1v) is 6.29. The zero-order chi connectivity index (χ0) is 12.6. The Hall–Kier alpha value is -1.06. The Balaban J connectivity index is 2.70. The lowest BCUT2D eigenvalue weighted by atomic mass is 10.1. The minimum absolute atomic E-state index is 0.253. The molecule has 1 unspecified atom stereocenters. The number of benzene rings is 1. The fourth-order valence-electron chi connectivity index (χ4n) is 2.09. The van der Waals surface area contributed by atoms with Gasteiger partial charge >= 0.3 is 0 Å². The van der Waals surface area contributed by atoms with Crippen LogP contribution >= 0.6 is 11.6 Å². The Morgan fingerprint density at radius 2 is 2.06 bits per heavy atom. The first-order chi connectivity index (χ1) is 8.04. The summed E-state index contributed by atoms with van der Waals surface area (Å²) in [5.74, 6) is 1.29. The number of fused-ring (bicyclic) bond motifs is 1. The highest BCUT2D eigenvalue weighted by Gasteiger charge is 2.17. The minimum Gasteiger partial charge on any atom is -0.330 e. The van der Waals surface area contributed by atoms with Crippen molar-refractivity contribution in [2.24, 2.45) is 5.73 Å². The summed E-state index contributed by atoms with van der Waals surface area (Å²) in [6.07, 6.45) is 0. The summed E-state index contributed by atoms with van der Waals surface area (Å²) in [6, 6.07) is 6.20. The molecule has 0 spiro atoms. The van der Waals surface area contributed by atoms with Crippen molar-refractivity contribution in [1.29, 1.82) is 0 Å². The molecule has 2 N–H and O–H groups in total. The van der Waals surface area contributed by atoms with Gasteiger partial charge in [0.2, 0.25) is 0 Å². The summed E-state index contributed by atoms with van der Waals surface area (Å²) in [4.78, 5) is 4.66. The molecule has 17 heavy (non-hydrogen) atoms. The van der Waals surface area contributed by atoms with Crippen LogP contribution in [-0.2, 0) is 0 Å². The highest BCUT2D eigenvalue weighted by molar-refractivity contribution is 6.31. The number of imidazole rings is 1. The predicted molar refractivity (Wildman–Crippen MR) is 72.6 cm³/mol. The summed E-state index contributed by atoms with van der Waals surface area (Å²) < 4.78 is 2.24. The van der Waals surface area contributed by atoms with E-state index in [0.717, 1.165) is 21.9 Å². The molecule has 0 radical (unpaired) electrons. The van der Waals surface area contributed by atoms with Crippen molar-refractivity contribution < 1.29 is 0 Å². The number of aromatic nitrogens is 2. The molecule has 92 valence electrons. The first-order valence-electron chi connectivity index (χ1n) is 5.92. The van der Waals surface area contributed by atoms with Crippen LogP contribution in [0.4, 0.5) is 0 Å². The van der Waals surface area contributed by atoms with Gasteiger partial charge in [-0.1, -0.05) is 18.5 Å². The summed E-state index contributed by atoms with van der Waals surface area (Å²) >= 11 is 6.00. The third-order valence-electron chi connectivity index (χ3n) is 2.99. The molecule has 4 heteroatoms. The van der Waals surface area contributed by atoms with E-state index >= 15 is 0 Å². The van der Waals surface area contributed by atoms with Crippen molar-refractivity contribution >= 4 is 22.6 Å². The normalized spacial score (nSPS) is 13.5. The van der Waals surface area contributed by atoms with Gasteiger partial charge in [0.25, 0.3) is 0 Å². The number of hydrogen-bond donors (Lipinski definition) is 1. The van der Waals surface area contributed by atoms with Crippen LogP contribution in [0.25, 0.3) is 11.0 Å². The molecule has 0 fully saturated rings. The minimum atomic E-state index is 0.253. The lowest BCUT2D eigenvalue weighted by molar-refractivity contribution is 0.554. The van der Waals surface area contributed by atoms with Gasteiger partial charge in [-0.2, -0.15) is 0 Å². The monoisotopic (exact) mass is 251 g/mol. The topological polar surface area (TPSA) is 43.8 Å². The van der Waals surface area contributed by atoms with Crippen LogP contribution in [-0.4, -0.2) is 16.1 Å². The maximum Gasteiger partial charge on any atom is 0.114 e. The van der Waals surface area contributed by atoms with Gasteiger partial charge in [0, 0.05) is 23.5 Å². The van der Waals surface area contributed by atoms with Crippen LogP contribution in [0.5, 0.6) is 0 Å². The second-order valence-corrected chi connectivity index (χ2v) is 5.14. The first kappa shape index (κ1) is 12.4. The number of halogens is 1. The van der Waals surface area contributed by atoms with E-state index in [2.05, 4.69) is 30.3 Å². The second-order valence-electron chi connectivity index (χ2n) is 4.70. The molecule has 0 aliphatic rings. The molecule has 0 aliphatic carbocycles. The van der Waals surface area contributed by atoms with E-state index in [1.54, 1.807) is 0 Å². The van der Waals surface area contributed by atoms with Crippen molar-refractivity contribution in [3.05, 3.63) is 29.0 Å². The molecule has 3 nitrogen and oxygen atoms in total. The van der Waals surface area contributed by atoms with Crippen LogP contribution in [0.2, 0.25) is 5.02 Å². The Bertz CT molecular complexity index is 531. The van der Waals surface area contributed by atoms with Crippen LogP contribution in [0, 0.1) is 0 Å². The van der Waals surface area contributed by atoms with Gasteiger partial charge in [-0.3, -0.25) is 0 Å². The summed E-state index contributed by atoms with van der Waals surface area (Å²) in [5.41, 5.74) is 7.82. The molecule has 1 aromatic carbocycles. The fraction of sp³-hybridized carbons (Fsp3) is 0.462. The largest absolute Gasteiger partial charge is 0.330 e. The van der Waals surface area contributed by atoms with Crippen molar-refractivity contribution in [3.63, 3.8) is 0 Å². The van der Waals surface area contributed by atoms with Gasteiger partial charge in [-0.05, 0) is 32.0 Å². The van der Waals surface area contributed by atoms with Gasteiger partial charge in [0.1, 0.15) is 5.82 Å². The van der Waals surface area contributed by atoms with Crippen molar-refractivity contribution in [1.82, 2.24) is 9.55 Å². The molecule has 0 saturated carbocycles. The maximum atomic E-state index is 6.00. The van der Waals surface area contributed by atoms with Crippen LogP contribution in [0.3, 0.4) is 0 Å². The third kappa shape index (κ3) is 2.17. The highest BCUT2D eigenvalue weighted by atomic mass is 35.5. The molecule has 0 bridgehead atoms. The van der Waals surface area contributed by atoms with E-state index in [4.69, 9.17) is 17.3 Å². The zero-order valence-electron chi connectivity index (χ0n) is 10.4. The molecule has 1 atom stereocenters. The van der Waals surface area contributed by atoms with Crippen LogP contribution < -0.4 is 5.73 Å². The van der Waals surface area contributed by atoms with E-state index in [0.29, 0.717) is 12.6 Å². The highest BCUT2D eigenvalue weighted by Crippen LogP contribution is 2.27. The van der Waals surface area contributed by atoms with E-state index in [1.807, 2.05) is 18.2 Å². The molecule has 1 heterocycles. The fourth-order valence-corrected chi connectivity index (χ4v) is 2.25. The van der Waals surface area contributed by atoms with Gasteiger partial charge in [0.15, 0.2) is 0 Å². The number of rotatable bonds is 3. The number of nitrogens with zero attached hydrogens (tertiary/aromatic N) is 2. The van der Waals surface area contributed by atoms with Crippen molar-refractivity contribution in [2.75, 3.05) is 6.54 Å². The standard InChI is InChI=1S/C13H18ClN3/c1-8(2)17-12-5-4-10(14)6-11(12)16-13(17)9(3)7-15/h4-6,8-9H,7,15H2,1-3H3. The Morgan fingerprint density at radius 3 is 2.65 bits per heavy atom. The molecule has 1 aromatic heterocycles. The molecule has 0 aliphatic heterocycles. The van der Waals surface area contributed by atoms with Gasteiger partial charge in [-0.15, -0.1) is 0 Å². The quantitative estimate of drug-likeness (QED) is 0.909. The smallest absolute Gasteiger partial charge is 0.114 e. The van der Waals surface area contributed by atoms with Gasteiger partial charge in [0.05, 0.1) is 11.0 Å². The van der Waals surface area contributed by atoms with Crippen LogP contribution in [0.1, 0.15) is 38.6 Å². The lowest BCUT2D eigenvalue weighted by Gasteiger charge is -2.16. The Kier molecular flexibility index (Phi) is 3.40. The maximum absolute atomic E-state index is 6.00. The molecular weight excluding hydrogens is 234 g/mol. The number of hydrogen-bond acceptors (Lipinski definition) is 2. The lowest BCUT2D eigenvalue weighted by Crippen LogP contribution is -2.16. The average Bonchev–Trinajstić information content (AvgIpc) is 2.66. The predicted octanol–water partition coefficient (Wildman–Crippen LogP) is 3.33. The van der Waals surface area contributed by atoms with E-state index in [-0.39, 0.29) is 5.92 Å². The summed E-state index contributed by atoms with van der Waals surface area (Å²) in [5, 5.41) is 0.720. The summed E-state index contributed by atoms with van der Waals surface area (Å²) in [6.45, 7) is 7.01. The number of nitrogens with two attached hydrogens (primary N) is 1. The second kappa shape index (κ2) is 4.67. The molecule has 0 amide bonds. The molecule has 0 saturated heterocycles. The third-order valence-corrected chi connectivity index (χ3v) is 3.22. The van der Waals surface area contributed by atoms with E-state index in [9.17, 15) is 0 Å².